The second-order valence-electron chi connectivity index (χ2n) is 4.52. The van der Waals surface area contributed by atoms with Crippen molar-refractivity contribution in [3.63, 3.8) is 0 Å². The van der Waals surface area contributed by atoms with Gasteiger partial charge in [0.25, 0.3) is 0 Å². The third-order valence-electron chi connectivity index (χ3n) is 3.05. The van der Waals surface area contributed by atoms with Gasteiger partial charge in [-0.3, -0.25) is 4.99 Å². The highest BCUT2D eigenvalue weighted by molar-refractivity contribution is 5.97. The van der Waals surface area contributed by atoms with Gasteiger partial charge in [0, 0.05) is 24.9 Å². The third-order valence-corrected chi connectivity index (χ3v) is 3.05. The molecule has 0 saturated heterocycles. The van der Waals surface area contributed by atoms with Crippen molar-refractivity contribution >= 4 is 11.5 Å². The average Bonchev–Trinajstić information content (AvgIpc) is 2.88. The monoisotopic (exact) mass is 303 g/mol. The molecule has 1 aliphatic rings. The molecule has 22 heavy (non-hydrogen) atoms. The molecule has 1 aromatic heterocycles. The number of allylic oxidation sites excluding steroid dienone is 3. The largest absolute Gasteiger partial charge is 0.484 e. The van der Waals surface area contributed by atoms with E-state index < -0.39 is 4.92 Å². The number of ether oxygens (including phenoxy) is 1. The topological polar surface area (TPSA) is 109 Å². The zero-order chi connectivity index (χ0) is 15.9. The number of hydrogen-bond acceptors (Lipinski definition) is 6. The first kappa shape index (κ1) is 15.6. The molecule has 0 saturated carbocycles. The van der Waals surface area contributed by atoms with E-state index in [1.54, 1.807) is 25.4 Å². The van der Waals surface area contributed by atoms with Gasteiger partial charge in [-0.2, -0.15) is 0 Å². The van der Waals surface area contributed by atoms with Gasteiger partial charge in [0.05, 0.1) is 7.05 Å². The van der Waals surface area contributed by atoms with Crippen LogP contribution < -0.4 is 5.73 Å². The average molecular weight is 303 g/mol. The maximum Gasteiger partial charge on any atom is 0.342 e. The van der Waals surface area contributed by atoms with Gasteiger partial charge in [-0.25, -0.2) is 9.55 Å². The first-order valence-electron chi connectivity index (χ1n) is 6.69. The van der Waals surface area contributed by atoms with Crippen LogP contribution in [0.15, 0.2) is 47.5 Å². The van der Waals surface area contributed by atoms with Crippen LogP contribution in [0.2, 0.25) is 0 Å². The lowest BCUT2D eigenvalue weighted by atomic mass is 10.1. The number of hydrogen-bond donors (Lipinski definition) is 1. The van der Waals surface area contributed by atoms with Crippen LogP contribution in [-0.2, 0) is 18.4 Å². The Balaban J connectivity index is 1.92. The van der Waals surface area contributed by atoms with Crippen molar-refractivity contribution < 1.29 is 9.66 Å². The SMILES string of the molecule is Cn1c([N+](=O)[O-])cnc1COC1=CCC(=NC=CCN)C=C1. The molecule has 0 spiro atoms. The Morgan fingerprint density at radius 1 is 1.59 bits per heavy atom. The van der Waals surface area contributed by atoms with E-state index in [0.29, 0.717) is 24.5 Å². The fraction of sp³-hybridized carbons (Fsp3) is 0.286. The number of nitro groups is 1. The molecule has 1 aromatic rings. The van der Waals surface area contributed by atoms with Crippen molar-refractivity contribution in [1.82, 2.24) is 9.55 Å². The lowest BCUT2D eigenvalue weighted by Gasteiger charge is -2.09. The number of nitrogens with zero attached hydrogens (tertiary/aromatic N) is 4. The van der Waals surface area contributed by atoms with Crippen LogP contribution in [0.4, 0.5) is 5.82 Å². The Labute approximate surface area is 127 Å². The Hall–Kier alpha value is -2.74. The van der Waals surface area contributed by atoms with Crippen LogP contribution in [0.3, 0.4) is 0 Å². The van der Waals surface area contributed by atoms with Gasteiger partial charge in [0.1, 0.15) is 12.0 Å². The first-order chi connectivity index (χ1) is 10.6. The van der Waals surface area contributed by atoms with Gasteiger partial charge < -0.3 is 20.6 Å². The molecule has 2 N–H and O–H groups in total. The Morgan fingerprint density at radius 2 is 2.41 bits per heavy atom. The summed E-state index contributed by atoms with van der Waals surface area (Å²) in [6.07, 6.45) is 10.9. The molecule has 8 nitrogen and oxygen atoms in total. The molecule has 8 heteroatoms. The van der Waals surface area contributed by atoms with Crippen molar-refractivity contribution in [2.24, 2.45) is 17.8 Å². The second kappa shape index (κ2) is 7.32. The molecule has 0 bridgehead atoms. The van der Waals surface area contributed by atoms with E-state index in [2.05, 4.69) is 9.98 Å². The molecule has 1 aliphatic carbocycles. The lowest BCUT2D eigenvalue weighted by Crippen LogP contribution is -2.05. The molecule has 0 unspecified atom stereocenters. The van der Waals surface area contributed by atoms with Crippen molar-refractivity contribution in [2.45, 2.75) is 13.0 Å². The molecule has 2 rings (SSSR count). The summed E-state index contributed by atoms with van der Waals surface area (Å²) in [4.78, 5) is 18.5. The summed E-state index contributed by atoms with van der Waals surface area (Å²) in [5.74, 6) is 1.12. The molecule has 1 heterocycles. The number of aliphatic imine (C=N–C) groups is 1. The number of rotatable bonds is 6. The van der Waals surface area contributed by atoms with Gasteiger partial charge in [-0.15, -0.1) is 0 Å². The van der Waals surface area contributed by atoms with Crippen LogP contribution >= 0.6 is 0 Å². The molecular weight excluding hydrogens is 286 g/mol. The molecule has 0 fully saturated rings. The summed E-state index contributed by atoms with van der Waals surface area (Å²) in [6.45, 7) is 0.626. The van der Waals surface area contributed by atoms with Crippen molar-refractivity contribution in [1.29, 1.82) is 0 Å². The second-order valence-corrected chi connectivity index (χ2v) is 4.52. The van der Waals surface area contributed by atoms with Gasteiger partial charge >= 0.3 is 5.82 Å². The minimum absolute atomic E-state index is 0.0622. The standard InChI is InChI=1S/C14H17N5O3/c1-18-13(17-9-14(18)19(20)21)10-22-12-5-3-11(4-6-12)16-8-2-7-15/h2-3,5-6,8-9H,4,7,10,15H2,1H3. The molecular formula is C14H17N5O3. The van der Waals surface area contributed by atoms with Crippen molar-refractivity contribution in [3.05, 3.63) is 58.4 Å². The lowest BCUT2D eigenvalue weighted by molar-refractivity contribution is -0.391. The minimum Gasteiger partial charge on any atom is -0.484 e. The smallest absolute Gasteiger partial charge is 0.342 e. The maximum absolute atomic E-state index is 10.7. The van der Waals surface area contributed by atoms with Crippen LogP contribution in [-0.4, -0.2) is 26.7 Å². The van der Waals surface area contributed by atoms with E-state index in [4.69, 9.17) is 10.5 Å². The van der Waals surface area contributed by atoms with Crippen LogP contribution in [0.5, 0.6) is 0 Å². The first-order valence-corrected chi connectivity index (χ1v) is 6.69. The highest BCUT2D eigenvalue weighted by atomic mass is 16.6. The molecule has 0 amide bonds. The fourth-order valence-corrected chi connectivity index (χ4v) is 1.82. The van der Waals surface area contributed by atoms with E-state index in [9.17, 15) is 10.1 Å². The highest BCUT2D eigenvalue weighted by Gasteiger charge is 2.17. The summed E-state index contributed by atoms with van der Waals surface area (Å²) >= 11 is 0. The maximum atomic E-state index is 10.7. The molecule has 0 aromatic carbocycles. The number of nitrogens with two attached hydrogens (primary N) is 1. The molecule has 116 valence electrons. The van der Waals surface area contributed by atoms with E-state index in [0.717, 1.165) is 5.71 Å². The predicted octanol–water partition coefficient (Wildman–Crippen LogP) is 1.60. The van der Waals surface area contributed by atoms with E-state index in [-0.39, 0.29) is 12.4 Å². The van der Waals surface area contributed by atoms with E-state index in [1.165, 1.54) is 10.8 Å². The molecule has 0 radical (unpaired) electrons. The van der Waals surface area contributed by atoms with E-state index in [1.807, 2.05) is 12.2 Å². The van der Waals surface area contributed by atoms with Gasteiger partial charge in [-0.1, -0.05) is 6.08 Å². The van der Waals surface area contributed by atoms with Gasteiger partial charge in [-0.05, 0) is 23.2 Å². The third kappa shape index (κ3) is 3.89. The van der Waals surface area contributed by atoms with E-state index >= 15 is 0 Å². The zero-order valence-electron chi connectivity index (χ0n) is 12.2. The quantitative estimate of drug-likeness (QED) is 0.634. The summed E-state index contributed by atoms with van der Waals surface area (Å²) in [5.41, 5.74) is 6.24. The van der Waals surface area contributed by atoms with Crippen molar-refractivity contribution in [2.75, 3.05) is 6.54 Å². The normalized spacial score (nSPS) is 16.3. The Bertz CT molecular complexity index is 670. The number of imidazole rings is 1. The van der Waals surface area contributed by atoms with Crippen LogP contribution in [0.25, 0.3) is 0 Å². The zero-order valence-corrected chi connectivity index (χ0v) is 12.2. The summed E-state index contributed by atoms with van der Waals surface area (Å²) < 4.78 is 6.99. The Kier molecular flexibility index (Phi) is 5.21. The molecule has 0 atom stereocenters. The van der Waals surface area contributed by atoms with Gasteiger partial charge in [0.15, 0.2) is 6.61 Å². The van der Waals surface area contributed by atoms with Crippen LogP contribution in [0.1, 0.15) is 12.2 Å². The number of aromatic nitrogens is 2. The predicted molar refractivity (Wildman–Crippen MR) is 82.1 cm³/mol. The Morgan fingerprint density at radius 3 is 3.00 bits per heavy atom. The summed E-state index contributed by atoms with van der Waals surface area (Å²) in [5, 5.41) is 10.7. The van der Waals surface area contributed by atoms with Crippen LogP contribution in [0, 0.1) is 10.1 Å². The minimum atomic E-state index is -0.478. The summed E-state index contributed by atoms with van der Waals surface area (Å²) in [7, 11) is 1.59. The fourth-order valence-electron chi connectivity index (χ4n) is 1.82. The van der Waals surface area contributed by atoms with Gasteiger partial charge in [0.2, 0.25) is 5.82 Å². The van der Waals surface area contributed by atoms with Crippen molar-refractivity contribution in [3.8, 4) is 0 Å². The molecule has 0 aliphatic heterocycles. The highest BCUT2D eigenvalue weighted by Crippen LogP contribution is 2.15. The summed E-state index contributed by atoms with van der Waals surface area (Å²) in [6, 6.07) is 0.